The Morgan fingerprint density at radius 3 is 2.73 bits per heavy atom. The van der Waals surface area contributed by atoms with E-state index in [0.717, 1.165) is 22.0 Å². The number of halogens is 3. The van der Waals surface area contributed by atoms with E-state index in [1.54, 1.807) is 12.4 Å². The fourth-order valence-electron chi connectivity index (χ4n) is 2.35. The van der Waals surface area contributed by atoms with Crippen LogP contribution in [0.2, 0.25) is 15.2 Å². The molecule has 0 atom stereocenters. The number of aromatic amines is 1. The average molecular weight is 356 g/mol. The fraction of sp³-hybridized carbons (Fsp3) is 0.133. The van der Waals surface area contributed by atoms with Crippen LogP contribution in [0, 0.1) is 0 Å². The molecule has 4 nitrogen and oxygen atoms in total. The van der Waals surface area contributed by atoms with E-state index in [-0.39, 0.29) is 0 Å². The van der Waals surface area contributed by atoms with Crippen LogP contribution < -0.4 is 11.1 Å². The summed E-state index contributed by atoms with van der Waals surface area (Å²) >= 11 is 18.2. The van der Waals surface area contributed by atoms with Gasteiger partial charge >= 0.3 is 0 Å². The molecular formula is C15H13Cl3N4. The Hall–Kier alpha value is -1.46. The number of pyridine rings is 1. The fourth-order valence-corrected chi connectivity index (χ4v) is 3.17. The maximum atomic E-state index is 6.28. The van der Waals surface area contributed by atoms with Gasteiger partial charge in [0.25, 0.3) is 0 Å². The molecule has 0 amide bonds. The Balaban J connectivity index is 1.78. The van der Waals surface area contributed by atoms with Gasteiger partial charge in [0.05, 0.1) is 21.2 Å². The number of nitrogens with zero attached hydrogens (tertiary/aromatic N) is 1. The second-order valence-electron chi connectivity index (χ2n) is 4.91. The lowest BCUT2D eigenvalue weighted by Gasteiger charge is -2.10. The van der Waals surface area contributed by atoms with Crippen molar-refractivity contribution in [3.8, 4) is 0 Å². The summed E-state index contributed by atoms with van der Waals surface area (Å²) < 4.78 is 0. The maximum Gasteiger partial charge on any atom is 0.129 e. The summed E-state index contributed by atoms with van der Waals surface area (Å²) in [6.07, 6.45) is 3.36. The topological polar surface area (TPSA) is 66.7 Å². The van der Waals surface area contributed by atoms with E-state index in [1.807, 2.05) is 18.2 Å². The number of nitrogens with one attached hydrogen (secondary N) is 2. The monoisotopic (exact) mass is 354 g/mol. The molecule has 2 heterocycles. The molecule has 0 saturated heterocycles. The van der Waals surface area contributed by atoms with Crippen LogP contribution >= 0.6 is 34.8 Å². The van der Waals surface area contributed by atoms with Gasteiger partial charge in [-0.15, -0.1) is 0 Å². The van der Waals surface area contributed by atoms with E-state index in [9.17, 15) is 0 Å². The summed E-state index contributed by atoms with van der Waals surface area (Å²) in [7, 11) is 0. The zero-order valence-corrected chi connectivity index (χ0v) is 13.7. The van der Waals surface area contributed by atoms with Gasteiger partial charge in [-0.2, -0.15) is 0 Å². The zero-order valence-electron chi connectivity index (χ0n) is 11.5. The zero-order chi connectivity index (χ0) is 15.7. The van der Waals surface area contributed by atoms with Crippen molar-refractivity contribution in [3.05, 3.63) is 56.9 Å². The van der Waals surface area contributed by atoms with Crippen LogP contribution in [0.25, 0.3) is 10.9 Å². The van der Waals surface area contributed by atoms with Crippen molar-refractivity contribution in [2.75, 3.05) is 5.73 Å². The van der Waals surface area contributed by atoms with Gasteiger partial charge in [0.15, 0.2) is 0 Å². The molecule has 1 aromatic carbocycles. The number of H-pyrrole nitrogens is 1. The molecule has 3 aromatic rings. The largest absolute Gasteiger partial charge is 0.397 e. The molecule has 0 radical (unpaired) electrons. The highest BCUT2D eigenvalue weighted by atomic mass is 35.5. The van der Waals surface area contributed by atoms with Gasteiger partial charge < -0.3 is 16.0 Å². The molecule has 0 bridgehead atoms. The number of rotatable bonds is 4. The van der Waals surface area contributed by atoms with E-state index in [1.165, 1.54) is 0 Å². The van der Waals surface area contributed by atoms with Crippen molar-refractivity contribution in [3.63, 3.8) is 0 Å². The summed E-state index contributed by atoms with van der Waals surface area (Å²) in [5.41, 5.74) is 9.56. The quantitative estimate of drug-likeness (QED) is 0.480. The van der Waals surface area contributed by atoms with Crippen LogP contribution in [0.15, 0.2) is 30.6 Å². The highest BCUT2D eigenvalue weighted by molar-refractivity contribution is 6.42. The van der Waals surface area contributed by atoms with Crippen LogP contribution in [-0.4, -0.2) is 9.97 Å². The van der Waals surface area contributed by atoms with E-state index in [4.69, 9.17) is 40.5 Å². The SMILES string of the molecule is Nc1c(CNCc2ccnc(Cl)c2)cc(Cl)c2c(Cl)c[nH]c12. The Morgan fingerprint density at radius 2 is 1.95 bits per heavy atom. The average Bonchev–Trinajstić information content (AvgIpc) is 2.87. The molecule has 0 unspecified atom stereocenters. The van der Waals surface area contributed by atoms with Crippen LogP contribution in [0.3, 0.4) is 0 Å². The van der Waals surface area contributed by atoms with Crippen molar-refractivity contribution < 1.29 is 0 Å². The number of fused-ring (bicyclic) bond motifs is 1. The predicted octanol–water partition coefficient (Wildman–Crippen LogP) is 4.40. The molecule has 22 heavy (non-hydrogen) atoms. The molecule has 4 N–H and O–H groups in total. The smallest absolute Gasteiger partial charge is 0.129 e. The van der Waals surface area contributed by atoms with Gasteiger partial charge in [-0.1, -0.05) is 34.8 Å². The van der Waals surface area contributed by atoms with Crippen molar-refractivity contribution in [2.45, 2.75) is 13.1 Å². The second-order valence-corrected chi connectivity index (χ2v) is 6.11. The number of nitrogen functional groups attached to an aromatic ring is 1. The third-order valence-electron chi connectivity index (χ3n) is 3.42. The third kappa shape index (κ3) is 3.01. The van der Waals surface area contributed by atoms with Gasteiger partial charge in [-0.25, -0.2) is 4.98 Å². The van der Waals surface area contributed by atoms with E-state index < -0.39 is 0 Å². The first-order valence-electron chi connectivity index (χ1n) is 6.61. The van der Waals surface area contributed by atoms with Crippen LogP contribution in [0.5, 0.6) is 0 Å². The highest BCUT2D eigenvalue weighted by Gasteiger charge is 2.13. The van der Waals surface area contributed by atoms with Gasteiger partial charge in [0.1, 0.15) is 5.15 Å². The summed E-state index contributed by atoms with van der Waals surface area (Å²) in [4.78, 5) is 7.01. The molecule has 0 saturated carbocycles. The standard InChI is InChI=1S/C15H13Cl3N4/c16-10-4-9(14(19)15-13(10)11(17)7-22-15)6-20-5-8-1-2-21-12(18)3-8/h1-4,7,20,22H,5-6,19H2. The molecule has 2 aromatic heterocycles. The molecule has 0 aliphatic heterocycles. The lowest BCUT2D eigenvalue weighted by atomic mass is 10.1. The van der Waals surface area contributed by atoms with Gasteiger partial charge in [-0.05, 0) is 29.3 Å². The number of anilines is 1. The lowest BCUT2D eigenvalue weighted by molar-refractivity contribution is 0.694. The summed E-state index contributed by atoms with van der Waals surface area (Å²) in [5.74, 6) is 0. The molecule has 7 heteroatoms. The number of nitrogens with two attached hydrogens (primary N) is 1. The molecule has 0 aliphatic rings. The normalized spacial score (nSPS) is 11.2. The Bertz CT molecular complexity index is 829. The van der Waals surface area contributed by atoms with Crippen LogP contribution in [0.1, 0.15) is 11.1 Å². The molecule has 0 aliphatic carbocycles. The first-order valence-corrected chi connectivity index (χ1v) is 7.74. The Labute approximate surface area is 142 Å². The number of benzene rings is 1. The van der Waals surface area contributed by atoms with Crippen molar-refractivity contribution >= 4 is 51.4 Å². The lowest BCUT2D eigenvalue weighted by Crippen LogP contribution is -2.14. The first kappa shape index (κ1) is 15.4. The van der Waals surface area contributed by atoms with Crippen LogP contribution in [-0.2, 0) is 13.1 Å². The minimum Gasteiger partial charge on any atom is -0.397 e. The molecular weight excluding hydrogens is 343 g/mol. The highest BCUT2D eigenvalue weighted by Crippen LogP contribution is 2.35. The van der Waals surface area contributed by atoms with Crippen LogP contribution in [0.4, 0.5) is 5.69 Å². The Morgan fingerprint density at radius 1 is 1.14 bits per heavy atom. The van der Waals surface area contributed by atoms with Crippen molar-refractivity contribution in [1.82, 2.24) is 15.3 Å². The first-order chi connectivity index (χ1) is 10.6. The van der Waals surface area contributed by atoms with Gasteiger partial charge in [0.2, 0.25) is 0 Å². The van der Waals surface area contributed by atoms with E-state index in [0.29, 0.717) is 34.0 Å². The predicted molar refractivity (Wildman–Crippen MR) is 92.5 cm³/mol. The Kier molecular flexibility index (Phi) is 4.45. The molecule has 3 rings (SSSR count). The number of hydrogen-bond donors (Lipinski definition) is 3. The van der Waals surface area contributed by atoms with Crippen molar-refractivity contribution in [2.24, 2.45) is 0 Å². The van der Waals surface area contributed by atoms with Crippen molar-refractivity contribution in [1.29, 1.82) is 0 Å². The molecule has 0 spiro atoms. The summed E-state index contributed by atoms with van der Waals surface area (Å²) in [6, 6.07) is 5.56. The van der Waals surface area contributed by atoms with Gasteiger partial charge in [-0.3, -0.25) is 0 Å². The summed E-state index contributed by atoms with van der Waals surface area (Å²) in [5, 5.41) is 5.69. The number of hydrogen-bond acceptors (Lipinski definition) is 3. The number of aromatic nitrogens is 2. The summed E-state index contributed by atoms with van der Waals surface area (Å²) in [6.45, 7) is 1.24. The van der Waals surface area contributed by atoms with Gasteiger partial charge in [0, 0.05) is 30.9 Å². The molecule has 114 valence electrons. The molecule has 0 fully saturated rings. The van der Waals surface area contributed by atoms with E-state index >= 15 is 0 Å². The maximum absolute atomic E-state index is 6.28. The third-order valence-corrected chi connectivity index (χ3v) is 4.23. The van der Waals surface area contributed by atoms with E-state index in [2.05, 4.69) is 15.3 Å². The minimum absolute atomic E-state index is 0.476. The second kappa shape index (κ2) is 6.34. The minimum atomic E-state index is 0.476.